The molecule has 0 saturated heterocycles. The van der Waals surface area contributed by atoms with Crippen LogP contribution in [0.2, 0.25) is 0 Å². The number of hydrogen-bond acceptors (Lipinski definition) is 7. The summed E-state index contributed by atoms with van der Waals surface area (Å²) < 4.78 is 10.2. The van der Waals surface area contributed by atoms with Gasteiger partial charge in [0.05, 0.1) is 10.6 Å². The van der Waals surface area contributed by atoms with Crippen LogP contribution < -0.4 is 15.0 Å². The summed E-state index contributed by atoms with van der Waals surface area (Å²) in [5.41, 5.74) is -0.136. The van der Waals surface area contributed by atoms with E-state index in [0.717, 1.165) is 17.4 Å². The van der Waals surface area contributed by atoms with Crippen molar-refractivity contribution in [3.05, 3.63) is 28.3 Å². The van der Waals surface area contributed by atoms with Crippen LogP contribution in [0.4, 0.5) is 11.4 Å². The third kappa shape index (κ3) is 4.47. The number of anilines is 1. The van der Waals surface area contributed by atoms with Crippen molar-refractivity contribution < 1.29 is 28.8 Å². The van der Waals surface area contributed by atoms with Gasteiger partial charge in [0, 0.05) is 18.7 Å². The minimum Gasteiger partial charge on any atom is -0.482 e. The Morgan fingerprint density at radius 2 is 2.19 bits per heavy atom. The predicted octanol–water partition coefficient (Wildman–Crippen LogP) is 0.778. The van der Waals surface area contributed by atoms with Gasteiger partial charge in [0.1, 0.15) is 12.3 Å². The van der Waals surface area contributed by atoms with E-state index in [1.807, 2.05) is 6.92 Å². The number of rotatable bonds is 7. The lowest BCUT2D eigenvalue weighted by atomic mass is 10.2. The zero-order valence-corrected chi connectivity index (χ0v) is 14.4. The largest absolute Gasteiger partial charge is 0.482 e. The topological polar surface area (TPSA) is 128 Å². The number of nitro groups is 1. The molecule has 1 heterocycles. The Kier molecular flexibility index (Phi) is 6.10. The molecule has 1 aliphatic rings. The Morgan fingerprint density at radius 3 is 2.85 bits per heavy atom. The SMILES string of the molecule is CCCNC(=O)[C@H](C)OC(=O)CN1C(=O)COc2ccc([N+](=O)[O-])cc21. The number of nitro benzene ring substituents is 1. The van der Waals surface area contributed by atoms with Gasteiger partial charge < -0.3 is 14.8 Å². The van der Waals surface area contributed by atoms with E-state index in [1.54, 1.807) is 0 Å². The molecule has 26 heavy (non-hydrogen) atoms. The number of carbonyl (C=O) groups excluding carboxylic acids is 3. The number of non-ortho nitro benzene ring substituents is 1. The first-order valence-corrected chi connectivity index (χ1v) is 8.02. The summed E-state index contributed by atoms with van der Waals surface area (Å²) in [7, 11) is 0. The van der Waals surface area contributed by atoms with Crippen molar-refractivity contribution in [1.82, 2.24) is 5.32 Å². The first kappa shape index (κ1) is 19.2. The highest BCUT2D eigenvalue weighted by Gasteiger charge is 2.30. The van der Waals surface area contributed by atoms with E-state index in [0.29, 0.717) is 6.54 Å². The van der Waals surface area contributed by atoms with E-state index in [-0.39, 0.29) is 23.7 Å². The van der Waals surface area contributed by atoms with Crippen molar-refractivity contribution in [2.75, 3.05) is 24.6 Å². The Labute approximate surface area is 149 Å². The van der Waals surface area contributed by atoms with Crippen molar-refractivity contribution in [1.29, 1.82) is 0 Å². The average Bonchev–Trinajstić information content (AvgIpc) is 2.61. The van der Waals surface area contributed by atoms with E-state index >= 15 is 0 Å². The lowest BCUT2D eigenvalue weighted by Crippen LogP contribution is -2.44. The molecule has 0 aliphatic carbocycles. The standard InChI is InChI=1S/C16H19N3O7/c1-3-6-17-16(22)10(2)26-15(21)8-18-12-7-11(19(23)24)4-5-13(12)25-9-14(18)20/h4-5,7,10H,3,6,8-9H2,1-2H3,(H,17,22)/t10-/m0/s1. The van der Waals surface area contributed by atoms with Crippen LogP contribution in [0.15, 0.2) is 18.2 Å². The number of ether oxygens (including phenoxy) is 2. The van der Waals surface area contributed by atoms with Gasteiger partial charge in [0.15, 0.2) is 12.7 Å². The summed E-state index contributed by atoms with van der Waals surface area (Å²) in [6, 6.07) is 3.75. The van der Waals surface area contributed by atoms with Crippen molar-refractivity contribution in [3.63, 3.8) is 0 Å². The Morgan fingerprint density at radius 1 is 1.46 bits per heavy atom. The minimum atomic E-state index is -1.02. The molecule has 1 aliphatic heterocycles. The molecule has 0 aromatic heterocycles. The molecule has 1 aromatic carbocycles. The summed E-state index contributed by atoms with van der Waals surface area (Å²) in [5, 5.41) is 13.5. The van der Waals surface area contributed by atoms with Crippen LogP contribution in [0.3, 0.4) is 0 Å². The highest BCUT2D eigenvalue weighted by molar-refractivity contribution is 6.01. The first-order chi connectivity index (χ1) is 12.3. The van der Waals surface area contributed by atoms with Crippen LogP contribution in [-0.2, 0) is 19.1 Å². The summed E-state index contributed by atoms with van der Waals surface area (Å²) in [5.74, 6) is -1.55. The third-order valence-electron chi connectivity index (χ3n) is 3.61. The maximum atomic E-state index is 12.1. The molecule has 0 spiro atoms. The van der Waals surface area contributed by atoms with Crippen molar-refractivity contribution >= 4 is 29.2 Å². The number of amides is 2. The highest BCUT2D eigenvalue weighted by Crippen LogP contribution is 2.35. The van der Waals surface area contributed by atoms with Crippen molar-refractivity contribution in [2.45, 2.75) is 26.4 Å². The maximum Gasteiger partial charge on any atom is 0.326 e. The molecule has 2 rings (SSSR count). The lowest BCUT2D eigenvalue weighted by Gasteiger charge is -2.28. The Bertz CT molecular complexity index is 735. The van der Waals surface area contributed by atoms with E-state index < -0.39 is 35.4 Å². The Balaban J connectivity index is 2.10. The monoisotopic (exact) mass is 365 g/mol. The van der Waals surface area contributed by atoms with Crippen molar-refractivity contribution in [3.8, 4) is 5.75 Å². The molecular weight excluding hydrogens is 346 g/mol. The second-order valence-corrected chi connectivity index (χ2v) is 5.60. The first-order valence-electron chi connectivity index (χ1n) is 8.02. The molecule has 140 valence electrons. The number of nitrogens with one attached hydrogen (secondary N) is 1. The van der Waals surface area contributed by atoms with E-state index in [2.05, 4.69) is 5.32 Å². The fourth-order valence-electron chi connectivity index (χ4n) is 2.29. The van der Waals surface area contributed by atoms with E-state index in [9.17, 15) is 24.5 Å². The minimum absolute atomic E-state index is 0.107. The number of fused-ring (bicyclic) bond motifs is 1. The van der Waals surface area contributed by atoms with Crippen LogP contribution in [0.5, 0.6) is 5.75 Å². The van der Waals surface area contributed by atoms with Gasteiger partial charge in [-0.3, -0.25) is 29.4 Å². The smallest absolute Gasteiger partial charge is 0.326 e. The second kappa shape index (κ2) is 8.28. The number of hydrogen-bond donors (Lipinski definition) is 1. The van der Waals surface area contributed by atoms with Gasteiger partial charge >= 0.3 is 5.97 Å². The normalized spacial score (nSPS) is 14.1. The molecule has 1 N–H and O–H groups in total. The molecule has 2 amide bonds. The summed E-state index contributed by atoms with van der Waals surface area (Å²) >= 11 is 0. The van der Waals surface area contributed by atoms with Crippen LogP contribution in [0.1, 0.15) is 20.3 Å². The summed E-state index contributed by atoms with van der Waals surface area (Å²) in [6.45, 7) is 2.98. The molecular formula is C16H19N3O7. The number of esters is 1. The van der Waals surface area contributed by atoms with Crippen LogP contribution in [0, 0.1) is 10.1 Å². The highest BCUT2D eigenvalue weighted by atomic mass is 16.6. The van der Waals surface area contributed by atoms with E-state index in [1.165, 1.54) is 19.1 Å². The molecule has 1 atom stereocenters. The quantitative estimate of drug-likeness (QED) is 0.429. The molecule has 0 fully saturated rings. The number of benzene rings is 1. The van der Waals surface area contributed by atoms with Crippen LogP contribution in [-0.4, -0.2) is 48.5 Å². The number of carbonyl (C=O) groups is 3. The predicted molar refractivity (Wildman–Crippen MR) is 89.8 cm³/mol. The maximum absolute atomic E-state index is 12.1. The van der Waals surface area contributed by atoms with Crippen LogP contribution in [0.25, 0.3) is 0 Å². The zero-order valence-electron chi connectivity index (χ0n) is 14.4. The van der Waals surface area contributed by atoms with Gasteiger partial charge in [-0.1, -0.05) is 6.92 Å². The van der Waals surface area contributed by atoms with Gasteiger partial charge in [0.2, 0.25) is 0 Å². The summed E-state index contributed by atoms with van der Waals surface area (Å²) in [6.07, 6.45) is -0.278. The Hall–Kier alpha value is -3.17. The molecule has 10 nitrogen and oxygen atoms in total. The van der Waals surface area contributed by atoms with Gasteiger partial charge in [-0.2, -0.15) is 0 Å². The van der Waals surface area contributed by atoms with Gasteiger partial charge in [0.25, 0.3) is 17.5 Å². The van der Waals surface area contributed by atoms with Crippen molar-refractivity contribution in [2.24, 2.45) is 0 Å². The molecule has 0 unspecified atom stereocenters. The fraction of sp³-hybridized carbons (Fsp3) is 0.438. The average molecular weight is 365 g/mol. The van der Waals surface area contributed by atoms with Crippen LogP contribution >= 0.6 is 0 Å². The fourth-order valence-corrected chi connectivity index (χ4v) is 2.29. The molecule has 0 saturated carbocycles. The molecule has 1 aromatic rings. The molecule has 0 radical (unpaired) electrons. The van der Waals surface area contributed by atoms with Gasteiger partial charge in [-0.05, 0) is 19.4 Å². The molecule has 0 bridgehead atoms. The van der Waals surface area contributed by atoms with E-state index in [4.69, 9.17) is 9.47 Å². The lowest BCUT2D eigenvalue weighted by molar-refractivity contribution is -0.384. The van der Waals surface area contributed by atoms with Gasteiger partial charge in [-0.15, -0.1) is 0 Å². The second-order valence-electron chi connectivity index (χ2n) is 5.60. The summed E-state index contributed by atoms with van der Waals surface area (Å²) in [4.78, 5) is 47.3. The molecule has 10 heteroatoms. The number of nitrogens with zero attached hydrogens (tertiary/aromatic N) is 2. The third-order valence-corrected chi connectivity index (χ3v) is 3.61. The van der Waals surface area contributed by atoms with Gasteiger partial charge in [-0.25, -0.2) is 0 Å². The zero-order chi connectivity index (χ0) is 19.3.